The summed E-state index contributed by atoms with van der Waals surface area (Å²) in [6.45, 7) is 7.44. The molecule has 11 heavy (non-hydrogen) atoms. The van der Waals surface area contributed by atoms with Crippen LogP contribution in [0.5, 0.6) is 0 Å². The van der Waals surface area contributed by atoms with Gasteiger partial charge in [-0.1, -0.05) is 6.92 Å². The van der Waals surface area contributed by atoms with E-state index in [9.17, 15) is 0 Å². The summed E-state index contributed by atoms with van der Waals surface area (Å²) in [7, 11) is 0. The van der Waals surface area contributed by atoms with Gasteiger partial charge in [-0.3, -0.25) is 0 Å². The van der Waals surface area contributed by atoms with Crippen molar-refractivity contribution in [3.8, 4) is 0 Å². The second-order valence-corrected chi connectivity index (χ2v) is 3.44. The third-order valence-electron chi connectivity index (χ3n) is 1.79. The standard InChI is InChI=1S/C8H16O3/c1-4-8(2,3)11-10-6-7-5-9-7/h7H,4-6H2,1-3H3. The molecule has 1 aliphatic rings. The van der Waals surface area contributed by atoms with Gasteiger partial charge in [0.15, 0.2) is 0 Å². The van der Waals surface area contributed by atoms with Crippen molar-refractivity contribution >= 4 is 0 Å². The fourth-order valence-corrected chi connectivity index (χ4v) is 0.493. The van der Waals surface area contributed by atoms with Crippen LogP contribution < -0.4 is 0 Å². The lowest BCUT2D eigenvalue weighted by Gasteiger charge is -2.20. The molecule has 1 saturated heterocycles. The van der Waals surface area contributed by atoms with Crippen molar-refractivity contribution in [1.82, 2.24) is 0 Å². The smallest absolute Gasteiger partial charge is 0.111 e. The molecule has 0 spiro atoms. The maximum atomic E-state index is 5.15. The van der Waals surface area contributed by atoms with E-state index in [2.05, 4.69) is 6.92 Å². The van der Waals surface area contributed by atoms with Crippen molar-refractivity contribution in [1.29, 1.82) is 0 Å². The highest BCUT2D eigenvalue weighted by molar-refractivity contribution is 4.67. The Hall–Kier alpha value is -0.120. The van der Waals surface area contributed by atoms with Crippen LogP contribution in [-0.4, -0.2) is 24.9 Å². The predicted octanol–water partition coefficient (Wildman–Crippen LogP) is 1.52. The van der Waals surface area contributed by atoms with Crippen LogP contribution >= 0.6 is 0 Å². The molecule has 0 aliphatic carbocycles. The Balaban J connectivity index is 1.99. The highest BCUT2D eigenvalue weighted by atomic mass is 17.2. The largest absolute Gasteiger partial charge is 0.370 e. The SMILES string of the molecule is CCC(C)(C)OOCC1CO1. The van der Waals surface area contributed by atoms with Gasteiger partial charge in [-0.2, -0.15) is 0 Å². The summed E-state index contributed by atoms with van der Waals surface area (Å²) >= 11 is 0. The molecule has 3 nitrogen and oxygen atoms in total. The van der Waals surface area contributed by atoms with Gasteiger partial charge in [0.2, 0.25) is 0 Å². The number of hydrogen-bond donors (Lipinski definition) is 0. The third kappa shape index (κ3) is 3.70. The Morgan fingerprint density at radius 1 is 1.55 bits per heavy atom. The van der Waals surface area contributed by atoms with Crippen LogP contribution in [0.15, 0.2) is 0 Å². The van der Waals surface area contributed by atoms with Gasteiger partial charge in [0, 0.05) is 0 Å². The van der Waals surface area contributed by atoms with Gasteiger partial charge in [-0.15, -0.1) is 0 Å². The molecule has 0 aromatic heterocycles. The number of epoxide rings is 1. The van der Waals surface area contributed by atoms with Gasteiger partial charge in [-0.05, 0) is 20.3 Å². The van der Waals surface area contributed by atoms with Crippen LogP contribution in [0.3, 0.4) is 0 Å². The van der Waals surface area contributed by atoms with E-state index in [-0.39, 0.29) is 11.7 Å². The minimum Gasteiger partial charge on any atom is -0.370 e. The third-order valence-corrected chi connectivity index (χ3v) is 1.79. The monoisotopic (exact) mass is 160 g/mol. The molecule has 1 aliphatic heterocycles. The lowest BCUT2D eigenvalue weighted by molar-refractivity contribution is -0.354. The molecule has 3 heteroatoms. The van der Waals surface area contributed by atoms with E-state index in [0.717, 1.165) is 13.0 Å². The van der Waals surface area contributed by atoms with Crippen molar-refractivity contribution in [2.45, 2.75) is 38.9 Å². The van der Waals surface area contributed by atoms with Crippen LogP contribution in [0.25, 0.3) is 0 Å². The van der Waals surface area contributed by atoms with E-state index in [0.29, 0.717) is 6.61 Å². The van der Waals surface area contributed by atoms with Gasteiger partial charge in [-0.25, -0.2) is 9.78 Å². The molecule has 0 aromatic carbocycles. The normalized spacial score (nSPS) is 23.7. The second-order valence-electron chi connectivity index (χ2n) is 3.44. The molecule has 0 N–H and O–H groups in total. The molecule has 1 heterocycles. The second kappa shape index (κ2) is 3.52. The minimum absolute atomic E-state index is 0.172. The molecule has 1 atom stereocenters. The molecule has 66 valence electrons. The number of rotatable bonds is 5. The maximum Gasteiger partial charge on any atom is 0.111 e. The summed E-state index contributed by atoms with van der Waals surface area (Å²) < 4.78 is 4.95. The van der Waals surface area contributed by atoms with Crippen molar-refractivity contribution in [3.63, 3.8) is 0 Å². The van der Waals surface area contributed by atoms with E-state index in [1.807, 2.05) is 13.8 Å². The highest BCUT2D eigenvalue weighted by Crippen LogP contribution is 2.16. The summed E-state index contributed by atoms with van der Waals surface area (Å²) in [6.07, 6.45) is 1.22. The Morgan fingerprint density at radius 3 is 2.64 bits per heavy atom. The minimum atomic E-state index is -0.172. The van der Waals surface area contributed by atoms with Gasteiger partial charge in [0.1, 0.15) is 12.7 Å². The summed E-state index contributed by atoms with van der Waals surface area (Å²) in [5.74, 6) is 0. The summed E-state index contributed by atoms with van der Waals surface area (Å²) in [4.78, 5) is 10.1. The number of hydrogen-bond acceptors (Lipinski definition) is 3. The lowest BCUT2D eigenvalue weighted by atomic mass is 10.1. The molecule has 0 amide bonds. The van der Waals surface area contributed by atoms with E-state index in [1.165, 1.54) is 0 Å². The lowest BCUT2D eigenvalue weighted by Crippen LogP contribution is -2.24. The van der Waals surface area contributed by atoms with Gasteiger partial charge in [0.25, 0.3) is 0 Å². The van der Waals surface area contributed by atoms with Crippen molar-refractivity contribution in [2.75, 3.05) is 13.2 Å². The van der Waals surface area contributed by atoms with Gasteiger partial charge >= 0.3 is 0 Å². The van der Waals surface area contributed by atoms with Crippen LogP contribution in [0, 0.1) is 0 Å². The summed E-state index contributed by atoms with van der Waals surface area (Å²) in [5, 5.41) is 0. The molecule has 1 unspecified atom stereocenters. The quantitative estimate of drug-likeness (QED) is 0.347. The fourth-order valence-electron chi connectivity index (χ4n) is 0.493. The molecule has 0 bridgehead atoms. The zero-order valence-electron chi connectivity index (χ0n) is 7.42. The predicted molar refractivity (Wildman–Crippen MR) is 41.1 cm³/mol. The first-order chi connectivity index (χ1) is 5.14. The van der Waals surface area contributed by atoms with E-state index in [1.54, 1.807) is 0 Å². The number of ether oxygens (including phenoxy) is 1. The van der Waals surface area contributed by atoms with Gasteiger partial charge in [0.05, 0.1) is 12.2 Å². The van der Waals surface area contributed by atoms with E-state index < -0.39 is 0 Å². The Labute approximate surface area is 67.6 Å². The summed E-state index contributed by atoms with van der Waals surface area (Å²) in [6, 6.07) is 0. The first-order valence-corrected chi connectivity index (χ1v) is 4.06. The van der Waals surface area contributed by atoms with Crippen LogP contribution in [-0.2, 0) is 14.5 Å². The zero-order valence-corrected chi connectivity index (χ0v) is 7.42. The first kappa shape index (κ1) is 8.97. The Kier molecular flexibility index (Phi) is 2.87. The Bertz CT molecular complexity index is 119. The Morgan fingerprint density at radius 2 is 2.18 bits per heavy atom. The summed E-state index contributed by atoms with van der Waals surface area (Å²) in [5.41, 5.74) is -0.172. The topological polar surface area (TPSA) is 31.0 Å². The van der Waals surface area contributed by atoms with Crippen LogP contribution in [0.2, 0.25) is 0 Å². The average Bonchev–Trinajstić information content (AvgIpc) is 2.71. The molecule has 0 radical (unpaired) electrons. The van der Waals surface area contributed by atoms with Crippen molar-refractivity contribution < 1.29 is 14.5 Å². The molecule has 1 rings (SSSR count). The molecule has 1 fully saturated rings. The van der Waals surface area contributed by atoms with Gasteiger partial charge < -0.3 is 4.74 Å². The maximum absolute atomic E-state index is 5.15. The molecule has 0 saturated carbocycles. The fraction of sp³-hybridized carbons (Fsp3) is 1.00. The zero-order chi connectivity index (χ0) is 8.32. The van der Waals surface area contributed by atoms with Crippen LogP contribution in [0.4, 0.5) is 0 Å². The highest BCUT2D eigenvalue weighted by Gasteiger charge is 2.25. The molecular formula is C8H16O3. The average molecular weight is 160 g/mol. The molecule has 0 aromatic rings. The van der Waals surface area contributed by atoms with E-state index >= 15 is 0 Å². The molecular weight excluding hydrogens is 144 g/mol. The van der Waals surface area contributed by atoms with Crippen molar-refractivity contribution in [3.05, 3.63) is 0 Å². The van der Waals surface area contributed by atoms with Crippen molar-refractivity contribution in [2.24, 2.45) is 0 Å². The van der Waals surface area contributed by atoms with E-state index in [4.69, 9.17) is 14.5 Å². The first-order valence-electron chi connectivity index (χ1n) is 4.06. The van der Waals surface area contributed by atoms with Crippen LogP contribution in [0.1, 0.15) is 27.2 Å².